The van der Waals surface area contributed by atoms with Crippen molar-refractivity contribution < 1.29 is 25.9 Å². The first-order valence-corrected chi connectivity index (χ1v) is 9.75. The van der Waals surface area contributed by atoms with Crippen molar-refractivity contribution in [3.63, 3.8) is 0 Å². The average molecular weight is 351 g/mol. The molecule has 0 spiro atoms. The van der Waals surface area contributed by atoms with Crippen molar-refractivity contribution in [3.8, 4) is 0 Å². The zero-order chi connectivity index (χ0) is 16.8. The van der Waals surface area contributed by atoms with E-state index in [2.05, 4.69) is 4.72 Å². The molecule has 0 amide bonds. The van der Waals surface area contributed by atoms with Gasteiger partial charge in [0.2, 0.25) is 0 Å². The lowest BCUT2D eigenvalue weighted by molar-refractivity contribution is 0.389. The van der Waals surface area contributed by atoms with E-state index in [9.17, 15) is 16.8 Å². The van der Waals surface area contributed by atoms with Gasteiger partial charge >= 0.3 is 10.3 Å². The fourth-order valence-corrected chi connectivity index (χ4v) is 3.28. The summed E-state index contributed by atoms with van der Waals surface area (Å²) < 4.78 is 60.9. The summed E-state index contributed by atoms with van der Waals surface area (Å²) in [6, 6.07) is 5.94. The molecule has 0 radical (unpaired) electrons. The second-order valence-corrected chi connectivity index (χ2v) is 7.82. The predicted octanol–water partition coefficient (Wildman–Crippen LogP) is 1.95. The molecule has 0 heterocycles. The summed E-state index contributed by atoms with van der Waals surface area (Å²) in [5.74, 6) is 0. The van der Waals surface area contributed by atoms with Gasteiger partial charge in [0.1, 0.15) is 0 Å². The van der Waals surface area contributed by atoms with E-state index in [-0.39, 0.29) is 10.9 Å². The van der Waals surface area contributed by atoms with Crippen LogP contribution in [0.25, 0.3) is 0 Å². The predicted molar refractivity (Wildman–Crippen MR) is 82.6 cm³/mol. The summed E-state index contributed by atoms with van der Waals surface area (Å²) in [6.07, 6.45) is 4.96. The zero-order valence-electron chi connectivity index (χ0n) is 12.3. The van der Waals surface area contributed by atoms with Crippen LogP contribution in [0, 0.1) is 6.92 Å². The lowest BCUT2D eigenvalue weighted by Gasteiger charge is -2.20. The fourth-order valence-electron chi connectivity index (χ4n) is 2.14. The molecule has 0 unspecified atom stereocenters. The van der Waals surface area contributed by atoms with Crippen molar-refractivity contribution in [1.29, 1.82) is 0 Å². The highest BCUT2D eigenvalue weighted by Gasteiger charge is 2.17. The van der Waals surface area contributed by atoms with Gasteiger partial charge in [0.15, 0.2) is 0 Å². The van der Waals surface area contributed by atoms with Gasteiger partial charge in [0.25, 0.3) is 10.1 Å². The van der Waals surface area contributed by atoms with Gasteiger partial charge in [-0.05, 0) is 31.9 Å². The van der Waals surface area contributed by atoms with E-state index in [4.69, 9.17) is 9.11 Å². The van der Waals surface area contributed by atoms with E-state index in [1.807, 2.05) is 6.92 Å². The minimum atomic E-state index is -4.02. The van der Waals surface area contributed by atoms with Crippen molar-refractivity contribution in [1.82, 2.24) is 4.72 Å². The molecule has 1 aromatic rings. The molecule has 22 heavy (non-hydrogen) atoms. The van der Waals surface area contributed by atoms with Gasteiger partial charge in [-0.1, -0.05) is 37.0 Å². The molecular formula is C13H21NO6S2. The molecule has 1 fully saturated rings. The van der Waals surface area contributed by atoms with E-state index in [0.29, 0.717) is 0 Å². The van der Waals surface area contributed by atoms with E-state index in [1.54, 1.807) is 12.1 Å². The highest BCUT2D eigenvalue weighted by Crippen LogP contribution is 2.17. The monoisotopic (exact) mass is 351 g/mol. The first-order valence-electron chi connectivity index (χ1n) is 6.87. The van der Waals surface area contributed by atoms with Crippen LogP contribution in [-0.2, 0) is 20.4 Å². The van der Waals surface area contributed by atoms with Gasteiger partial charge in [-0.25, -0.2) is 0 Å². The van der Waals surface area contributed by atoms with Crippen LogP contribution in [0.3, 0.4) is 0 Å². The highest BCUT2D eigenvalue weighted by molar-refractivity contribution is 7.85. The van der Waals surface area contributed by atoms with Gasteiger partial charge in [-0.2, -0.15) is 21.6 Å². The normalized spacial score (nSPS) is 16.7. The molecule has 0 bridgehead atoms. The van der Waals surface area contributed by atoms with Gasteiger partial charge in [-0.15, -0.1) is 0 Å². The summed E-state index contributed by atoms with van der Waals surface area (Å²) in [5, 5.41) is 0. The molecule has 126 valence electrons. The van der Waals surface area contributed by atoms with Crippen molar-refractivity contribution in [2.24, 2.45) is 0 Å². The highest BCUT2D eigenvalue weighted by atomic mass is 32.2. The minimum absolute atomic E-state index is 0.0428. The third kappa shape index (κ3) is 7.85. The average Bonchev–Trinajstić information content (AvgIpc) is 2.38. The van der Waals surface area contributed by atoms with Crippen LogP contribution in [0.1, 0.15) is 37.7 Å². The SMILES string of the molecule is Cc1ccc(S(=O)(=O)O)cc1.O=S(=O)(O)NC1CCCCC1. The topological polar surface area (TPSA) is 121 Å². The number of rotatable bonds is 3. The van der Waals surface area contributed by atoms with Crippen molar-refractivity contribution in [2.45, 2.75) is 50.0 Å². The van der Waals surface area contributed by atoms with Crippen LogP contribution in [0.15, 0.2) is 29.2 Å². The first-order chi connectivity index (χ1) is 10.1. The maximum atomic E-state index is 10.5. The first kappa shape index (κ1) is 19.0. The Labute approximate surface area is 131 Å². The largest absolute Gasteiger partial charge is 0.333 e. The smallest absolute Gasteiger partial charge is 0.282 e. The number of aryl methyl sites for hydroxylation is 1. The Bertz CT molecular complexity index is 661. The fraction of sp³-hybridized carbons (Fsp3) is 0.538. The standard InChI is InChI=1S/C7H8O3S.C6H13NO3S/c1-6-2-4-7(5-3-6)11(8,9)10;8-11(9,10)7-6-4-2-1-3-5-6/h2-5H,1H3,(H,8,9,10);6-7H,1-5H2,(H,8,9,10). The molecule has 7 nitrogen and oxygen atoms in total. The Kier molecular flexibility index (Phi) is 6.95. The van der Waals surface area contributed by atoms with Crippen LogP contribution in [0.2, 0.25) is 0 Å². The molecule has 1 aromatic carbocycles. The van der Waals surface area contributed by atoms with Crippen LogP contribution in [-0.4, -0.2) is 32.0 Å². The maximum absolute atomic E-state index is 10.5. The number of hydrogen-bond donors (Lipinski definition) is 3. The maximum Gasteiger partial charge on any atom is 0.333 e. The lowest BCUT2D eigenvalue weighted by atomic mass is 9.96. The molecular weight excluding hydrogens is 330 g/mol. The third-order valence-electron chi connectivity index (χ3n) is 3.24. The molecule has 1 saturated carbocycles. The van der Waals surface area contributed by atoms with Crippen LogP contribution < -0.4 is 4.72 Å². The van der Waals surface area contributed by atoms with Gasteiger partial charge in [0, 0.05) is 6.04 Å². The minimum Gasteiger partial charge on any atom is -0.282 e. The molecule has 2 rings (SSSR count). The Morgan fingerprint density at radius 1 is 0.955 bits per heavy atom. The van der Waals surface area contributed by atoms with E-state index in [0.717, 1.165) is 31.2 Å². The van der Waals surface area contributed by atoms with Gasteiger partial charge in [-0.3, -0.25) is 9.11 Å². The van der Waals surface area contributed by atoms with Crippen molar-refractivity contribution >= 4 is 20.4 Å². The molecule has 0 aromatic heterocycles. The van der Waals surface area contributed by atoms with E-state index in [1.165, 1.54) is 18.6 Å². The second kappa shape index (κ2) is 8.02. The zero-order valence-corrected chi connectivity index (χ0v) is 13.9. The molecule has 0 atom stereocenters. The molecule has 3 N–H and O–H groups in total. The van der Waals surface area contributed by atoms with Crippen LogP contribution in [0.5, 0.6) is 0 Å². The summed E-state index contributed by atoms with van der Waals surface area (Å²) in [6.45, 7) is 1.84. The summed E-state index contributed by atoms with van der Waals surface area (Å²) in [4.78, 5) is -0.0666. The Morgan fingerprint density at radius 3 is 1.86 bits per heavy atom. The quantitative estimate of drug-likeness (QED) is 0.716. The summed E-state index contributed by atoms with van der Waals surface area (Å²) in [5.41, 5.74) is 0.956. The third-order valence-corrected chi connectivity index (χ3v) is 4.74. The molecule has 9 heteroatoms. The Hall–Kier alpha value is -1.00. The molecule has 0 aliphatic heterocycles. The van der Waals surface area contributed by atoms with E-state index < -0.39 is 20.4 Å². The van der Waals surface area contributed by atoms with Crippen LogP contribution in [0.4, 0.5) is 0 Å². The van der Waals surface area contributed by atoms with Gasteiger partial charge in [0.05, 0.1) is 4.90 Å². The number of hydrogen-bond acceptors (Lipinski definition) is 4. The molecule has 1 aliphatic carbocycles. The van der Waals surface area contributed by atoms with E-state index >= 15 is 0 Å². The van der Waals surface area contributed by atoms with Crippen LogP contribution >= 0.6 is 0 Å². The lowest BCUT2D eigenvalue weighted by Crippen LogP contribution is -2.35. The number of benzene rings is 1. The van der Waals surface area contributed by atoms with Crippen molar-refractivity contribution in [2.75, 3.05) is 0 Å². The Balaban J connectivity index is 0.000000220. The molecule has 0 saturated heterocycles. The Morgan fingerprint density at radius 2 is 1.45 bits per heavy atom. The van der Waals surface area contributed by atoms with Gasteiger partial charge < -0.3 is 0 Å². The number of nitrogens with one attached hydrogen (secondary N) is 1. The second-order valence-electron chi connectivity index (χ2n) is 5.22. The summed E-state index contributed by atoms with van der Waals surface area (Å²) >= 11 is 0. The molecule has 1 aliphatic rings. The van der Waals surface area contributed by atoms with Crippen molar-refractivity contribution in [3.05, 3.63) is 29.8 Å². The summed E-state index contributed by atoms with van der Waals surface area (Å²) in [7, 11) is -7.99.